The summed E-state index contributed by atoms with van der Waals surface area (Å²) in [6.07, 6.45) is 0.928. The standard InChI is InChI=1S/C21H23N3O3S/c1-3-14-5-9-16(10-6-14)24-20(26)18(28-21(24)22)13-19(25)23-15-7-11-17(12-8-15)27-4-2/h5-12,18,22H,3-4,13H2,1-2H3,(H,23,25)/t18-/m1/s1. The van der Waals surface area contributed by atoms with Crippen LogP contribution in [0.3, 0.4) is 0 Å². The van der Waals surface area contributed by atoms with Crippen LogP contribution in [0.2, 0.25) is 0 Å². The summed E-state index contributed by atoms with van der Waals surface area (Å²) in [5.41, 5.74) is 2.47. The summed E-state index contributed by atoms with van der Waals surface area (Å²) in [7, 11) is 0. The van der Waals surface area contributed by atoms with Gasteiger partial charge in [0.2, 0.25) is 11.8 Å². The molecule has 2 N–H and O–H groups in total. The van der Waals surface area contributed by atoms with Crippen molar-refractivity contribution in [3.05, 3.63) is 54.1 Å². The number of amides is 2. The number of nitrogens with one attached hydrogen (secondary N) is 2. The fourth-order valence-corrected chi connectivity index (χ4v) is 3.93. The predicted octanol–water partition coefficient (Wildman–Crippen LogP) is 4.06. The third-order valence-electron chi connectivity index (χ3n) is 4.38. The summed E-state index contributed by atoms with van der Waals surface area (Å²) in [5.74, 6) is 0.243. The molecule has 1 aliphatic heterocycles. The number of carbonyl (C=O) groups is 2. The smallest absolute Gasteiger partial charge is 0.247 e. The lowest BCUT2D eigenvalue weighted by Gasteiger charge is -2.16. The lowest BCUT2D eigenvalue weighted by atomic mass is 10.1. The maximum Gasteiger partial charge on any atom is 0.247 e. The number of benzene rings is 2. The Bertz CT molecular complexity index is 865. The molecule has 0 bridgehead atoms. The lowest BCUT2D eigenvalue weighted by Crippen LogP contribution is -2.33. The Kier molecular flexibility index (Phi) is 6.36. The number of aryl methyl sites for hydroxylation is 1. The fourth-order valence-electron chi connectivity index (χ4n) is 2.92. The first-order chi connectivity index (χ1) is 13.5. The molecule has 0 aromatic heterocycles. The first-order valence-corrected chi connectivity index (χ1v) is 10.1. The van der Waals surface area contributed by atoms with E-state index in [4.69, 9.17) is 10.1 Å². The molecule has 2 aromatic carbocycles. The van der Waals surface area contributed by atoms with E-state index in [1.54, 1.807) is 24.3 Å². The van der Waals surface area contributed by atoms with Gasteiger partial charge in [-0.3, -0.25) is 19.9 Å². The van der Waals surface area contributed by atoms with E-state index in [1.165, 1.54) is 10.5 Å². The number of hydrogen-bond donors (Lipinski definition) is 2. The highest BCUT2D eigenvalue weighted by Crippen LogP contribution is 2.33. The quantitative estimate of drug-likeness (QED) is 0.738. The minimum Gasteiger partial charge on any atom is -0.494 e. The van der Waals surface area contributed by atoms with Crippen molar-refractivity contribution in [1.82, 2.24) is 0 Å². The molecule has 3 rings (SSSR count). The Balaban J connectivity index is 1.61. The number of anilines is 2. The summed E-state index contributed by atoms with van der Waals surface area (Å²) in [6, 6.07) is 14.7. The zero-order valence-corrected chi connectivity index (χ0v) is 16.7. The van der Waals surface area contributed by atoms with E-state index in [9.17, 15) is 9.59 Å². The molecule has 0 aliphatic carbocycles. The number of ether oxygens (including phenoxy) is 1. The molecular weight excluding hydrogens is 374 g/mol. The van der Waals surface area contributed by atoms with Gasteiger partial charge in [0, 0.05) is 12.1 Å². The van der Waals surface area contributed by atoms with Crippen LogP contribution in [-0.4, -0.2) is 28.8 Å². The Morgan fingerprint density at radius 2 is 1.82 bits per heavy atom. The first kappa shape index (κ1) is 19.9. The SMILES string of the molecule is CCOc1ccc(NC(=O)C[C@H]2SC(=N)N(c3ccc(CC)cc3)C2=O)cc1. The van der Waals surface area contributed by atoms with Crippen molar-refractivity contribution in [2.45, 2.75) is 31.9 Å². The molecule has 0 saturated carbocycles. The van der Waals surface area contributed by atoms with Crippen LogP contribution < -0.4 is 15.0 Å². The Morgan fingerprint density at radius 3 is 2.43 bits per heavy atom. The van der Waals surface area contributed by atoms with Gasteiger partial charge in [0.25, 0.3) is 0 Å². The van der Waals surface area contributed by atoms with Crippen LogP contribution >= 0.6 is 11.8 Å². The van der Waals surface area contributed by atoms with E-state index < -0.39 is 5.25 Å². The number of rotatable bonds is 7. The Morgan fingerprint density at radius 1 is 1.14 bits per heavy atom. The van der Waals surface area contributed by atoms with Crippen LogP contribution in [0.25, 0.3) is 0 Å². The van der Waals surface area contributed by atoms with Gasteiger partial charge in [0.1, 0.15) is 11.0 Å². The van der Waals surface area contributed by atoms with E-state index >= 15 is 0 Å². The molecule has 0 spiro atoms. The number of hydrogen-bond acceptors (Lipinski definition) is 5. The van der Waals surface area contributed by atoms with E-state index in [0.717, 1.165) is 23.9 Å². The maximum atomic E-state index is 12.7. The number of nitrogens with zero attached hydrogens (tertiary/aromatic N) is 1. The summed E-state index contributed by atoms with van der Waals surface area (Å²) < 4.78 is 5.38. The van der Waals surface area contributed by atoms with Gasteiger partial charge in [-0.2, -0.15) is 0 Å². The topological polar surface area (TPSA) is 82.5 Å². The average molecular weight is 398 g/mol. The van der Waals surface area contributed by atoms with E-state index in [0.29, 0.717) is 18.0 Å². The van der Waals surface area contributed by atoms with Crippen LogP contribution in [0, 0.1) is 5.41 Å². The van der Waals surface area contributed by atoms with Gasteiger partial charge in [-0.15, -0.1) is 0 Å². The van der Waals surface area contributed by atoms with Crippen LogP contribution in [0.1, 0.15) is 25.8 Å². The van der Waals surface area contributed by atoms with Crippen molar-refractivity contribution in [2.75, 3.05) is 16.8 Å². The monoisotopic (exact) mass is 397 g/mol. The van der Waals surface area contributed by atoms with Crippen molar-refractivity contribution >= 4 is 40.1 Å². The summed E-state index contributed by atoms with van der Waals surface area (Å²) in [5, 5.41) is 10.5. The van der Waals surface area contributed by atoms with Crippen LogP contribution in [0.4, 0.5) is 11.4 Å². The molecule has 28 heavy (non-hydrogen) atoms. The van der Waals surface area contributed by atoms with Crippen LogP contribution in [0.5, 0.6) is 5.75 Å². The van der Waals surface area contributed by atoms with Crippen molar-refractivity contribution in [2.24, 2.45) is 0 Å². The third kappa shape index (κ3) is 4.54. The molecule has 146 valence electrons. The molecule has 2 aromatic rings. The molecule has 0 radical (unpaired) electrons. The molecule has 1 aliphatic rings. The molecule has 2 amide bonds. The van der Waals surface area contributed by atoms with Crippen molar-refractivity contribution in [1.29, 1.82) is 5.41 Å². The Labute approximate surface area is 168 Å². The molecule has 1 atom stereocenters. The second-order valence-electron chi connectivity index (χ2n) is 6.31. The minimum atomic E-state index is -0.596. The molecular formula is C21H23N3O3S. The van der Waals surface area contributed by atoms with Crippen molar-refractivity contribution in [3.8, 4) is 5.75 Å². The lowest BCUT2D eigenvalue weighted by molar-refractivity contribution is -0.121. The second-order valence-corrected chi connectivity index (χ2v) is 7.51. The highest BCUT2D eigenvalue weighted by molar-refractivity contribution is 8.16. The van der Waals surface area contributed by atoms with Gasteiger partial charge in [-0.05, 0) is 55.3 Å². The van der Waals surface area contributed by atoms with E-state index in [2.05, 4.69) is 12.2 Å². The zero-order valence-electron chi connectivity index (χ0n) is 15.9. The minimum absolute atomic E-state index is 0.0165. The van der Waals surface area contributed by atoms with Crippen LogP contribution in [0.15, 0.2) is 48.5 Å². The van der Waals surface area contributed by atoms with Gasteiger partial charge < -0.3 is 10.1 Å². The van der Waals surface area contributed by atoms with E-state index in [-0.39, 0.29) is 23.4 Å². The molecule has 0 unspecified atom stereocenters. The average Bonchev–Trinajstić information content (AvgIpc) is 2.97. The number of thioether (sulfide) groups is 1. The van der Waals surface area contributed by atoms with Gasteiger partial charge in [0.15, 0.2) is 5.17 Å². The predicted molar refractivity (Wildman–Crippen MR) is 113 cm³/mol. The van der Waals surface area contributed by atoms with Crippen molar-refractivity contribution in [3.63, 3.8) is 0 Å². The van der Waals surface area contributed by atoms with Gasteiger partial charge in [-0.25, -0.2) is 0 Å². The summed E-state index contributed by atoms with van der Waals surface area (Å²) in [6.45, 7) is 4.55. The number of carbonyl (C=O) groups excluding carboxylic acids is 2. The summed E-state index contributed by atoms with van der Waals surface area (Å²) in [4.78, 5) is 26.5. The fraction of sp³-hybridized carbons (Fsp3) is 0.286. The molecule has 6 nitrogen and oxygen atoms in total. The zero-order chi connectivity index (χ0) is 20.1. The molecule has 7 heteroatoms. The third-order valence-corrected chi connectivity index (χ3v) is 5.43. The number of amidine groups is 1. The molecule has 1 heterocycles. The first-order valence-electron chi connectivity index (χ1n) is 9.22. The molecule has 1 saturated heterocycles. The summed E-state index contributed by atoms with van der Waals surface area (Å²) >= 11 is 1.11. The highest BCUT2D eigenvalue weighted by atomic mass is 32.2. The van der Waals surface area contributed by atoms with Crippen molar-refractivity contribution < 1.29 is 14.3 Å². The van der Waals surface area contributed by atoms with Gasteiger partial charge in [-0.1, -0.05) is 30.8 Å². The highest BCUT2D eigenvalue weighted by Gasteiger charge is 2.39. The normalized spacial score (nSPS) is 16.4. The van der Waals surface area contributed by atoms with Gasteiger partial charge in [0.05, 0.1) is 12.3 Å². The van der Waals surface area contributed by atoms with Crippen LogP contribution in [-0.2, 0) is 16.0 Å². The van der Waals surface area contributed by atoms with Gasteiger partial charge >= 0.3 is 0 Å². The van der Waals surface area contributed by atoms with E-state index in [1.807, 2.05) is 31.2 Å². The second kappa shape index (κ2) is 8.93. The largest absolute Gasteiger partial charge is 0.494 e. The maximum absolute atomic E-state index is 12.7. The Hall–Kier alpha value is -2.80. The molecule has 1 fully saturated rings.